The quantitative estimate of drug-likeness (QED) is 0.565. The van der Waals surface area contributed by atoms with Gasteiger partial charge in [-0.2, -0.15) is 0 Å². The summed E-state index contributed by atoms with van der Waals surface area (Å²) in [7, 11) is 0. The first-order chi connectivity index (χ1) is 5.70. The van der Waals surface area contributed by atoms with E-state index in [0.29, 0.717) is 12.0 Å². The molecule has 1 aromatic carbocycles. The van der Waals surface area contributed by atoms with E-state index < -0.39 is 5.79 Å². The second-order valence-corrected chi connectivity index (χ2v) is 3.33. The molecule has 0 spiro atoms. The number of aryl methyl sites for hydroxylation is 1. The van der Waals surface area contributed by atoms with Crippen LogP contribution in [-0.2, 0) is 12.2 Å². The van der Waals surface area contributed by atoms with Gasteiger partial charge in [0.1, 0.15) is 0 Å². The summed E-state index contributed by atoms with van der Waals surface area (Å²) in [4.78, 5) is 0. The molecule has 0 heterocycles. The monoisotopic (exact) mass is 164 g/mol. The molecule has 0 radical (unpaired) electrons. The van der Waals surface area contributed by atoms with Gasteiger partial charge >= 0.3 is 0 Å². The van der Waals surface area contributed by atoms with Crippen molar-refractivity contribution < 1.29 is 10.2 Å². The molecule has 1 aliphatic rings. The van der Waals surface area contributed by atoms with Crippen molar-refractivity contribution in [3.63, 3.8) is 0 Å². The van der Waals surface area contributed by atoms with Crippen LogP contribution in [0.4, 0.5) is 0 Å². The molecule has 12 heavy (non-hydrogen) atoms. The molecule has 0 saturated carbocycles. The van der Waals surface area contributed by atoms with Gasteiger partial charge in [-0.15, -0.1) is 0 Å². The topological polar surface area (TPSA) is 40.5 Å². The molecule has 0 aromatic heterocycles. The van der Waals surface area contributed by atoms with E-state index >= 15 is 0 Å². The first-order valence-corrected chi connectivity index (χ1v) is 4.23. The summed E-state index contributed by atoms with van der Waals surface area (Å²) >= 11 is 0. The molecular weight excluding hydrogens is 152 g/mol. The lowest BCUT2D eigenvalue weighted by Crippen LogP contribution is -2.29. The molecule has 1 aromatic rings. The van der Waals surface area contributed by atoms with Gasteiger partial charge < -0.3 is 10.2 Å². The number of aliphatic hydroxyl groups is 2. The lowest BCUT2D eigenvalue weighted by molar-refractivity contribution is -0.179. The van der Waals surface area contributed by atoms with Crippen molar-refractivity contribution in [2.24, 2.45) is 0 Å². The fourth-order valence-electron chi connectivity index (χ4n) is 1.79. The molecule has 0 saturated heterocycles. The van der Waals surface area contributed by atoms with Crippen LogP contribution >= 0.6 is 0 Å². The van der Waals surface area contributed by atoms with Gasteiger partial charge in [0, 0.05) is 12.0 Å². The zero-order chi connectivity index (χ0) is 8.60. The molecule has 2 heteroatoms. The van der Waals surface area contributed by atoms with Crippen LogP contribution in [-0.4, -0.2) is 10.2 Å². The van der Waals surface area contributed by atoms with Crippen LogP contribution in [0.25, 0.3) is 0 Å². The number of fused-ring (bicyclic) bond motifs is 1. The zero-order valence-electron chi connectivity index (χ0n) is 6.83. The molecule has 64 valence electrons. The Bertz CT molecular complexity index is 292. The van der Waals surface area contributed by atoms with Gasteiger partial charge in [-0.1, -0.05) is 24.3 Å². The average Bonchev–Trinajstić information content (AvgIpc) is 2.04. The Morgan fingerprint density at radius 1 is 1.17 bits per heavy atom. The first kappa shape index (κ1) is 7.77. The maximum atomic E-state index is 9.58. The third kappa shape index (κ3) is 1.13. The second kappa shape index (κ2) is 2.57. The Labute approximate surface area is 71.5 Å². The lowest BCUT2D eigenvalue weighted by atomic mass is 9.87. The van der Waals surface area contributed by atoms with Crippen molar-refractivity contribution >= 4 is 0 Å². The van der Waals surface area contributed by atoms with Crippen LogP contribution < -0.4 is 0 Å². The Kier molecular flexibility index (Phi) is 1.67. The van der Waals surface area contributed by atoms with Crippen molar-refractivity contribution in [3.8, 4) is 0 Å². The predicted molar refractivity (Wildman–Crippen MR) is 45.5 cm³/mol. The summed E-state index contributed by atoms with van der Waals surface area (Å²) < 4.78 is 0. The highest BCUT2D eigenvalue weighted by molar-refractivity contribution is 5.32. The summed E-state index contributed by atoms with van der Waals surface area (Å²) in [6.45, 7) is 0. The Balaban J connectivity index is 2.52. The van der Waals surface area contributed by atoms with E-state index in [1.54, 1.807) is 6.07 Å². The average molecular weight is 164 g/mol. The van der Waals surface area contributed by atoms with E-state index in [4.69, 9.17) is 0 Å². The van der Waals surface area contributed by atoms with Crippen LogP contribution in [0.3, 0.4) is 0 Å². The lowest BCUT2D eigenvalue weighted by Gasteiger charge is -2.29. The van der Waals surface area contributed by atoms with E-state index in [1.807, 2.05) is 18.2 Å². The third-order valence-corrected chi connectivity index (χ3v) is 2.42. The molecule has 0 bridgehead atoms. The summed E-state index contributed by atoms with van der Waals surface area (Å²) in [5.41, 5.74) is 1.74. The van der Waals surface area contributed by atoms with Crippen molar-refractivity contribution in [2.45, 2.75) is 25.0 Å². The predicted octanol–water partition coefficient (Wildman–Crippen LogP) is 1.16. The minimum absolute atomic E-state index is 0.448. The van der Waals surface area contributed by atoms with Crippen LogP contribution in [0.15, 0.2) is 24.3 Å². The molecule has 2 nitrogen and oxygen atoms in total. The highest BCUT2D eigenvalue weighted by Gasteiger charge is 2.30. The molecule has 1 aliphatic carbocycles. The second-order valence-electron chi connectivity index (χ2n) is 3.33. The number of benzene rings is 1. The molecule has 0 amide bonds. The summed E-state index contributed by atoms with van der Waals surface area (Å²) in [6.07, 6.45) is 2.26. The first-order valence-electron chi connectivity index (χ1n) is 4.23. The minimum Gasteiger partial charge on any atom is -0.362 e. The van der Waals surface area contributed by atoms with Gasteiger partial charge in [-0.25, -0.2) is 0 Å². The number of hydrogen-bond acceptors (Lipinski definition) is 2. The van der Waals surface area contributed by atoms with E-state index in [0.717, 1.165) is 18.4 Å². The standard InChI is InChI=1S/C10H12O2/c11-10(12)7-3-5-8-4-1-2-6-9(8)10/h1-2,4,6,11-12H,3,5,7H2. The summed E-state index contributed by atoms with van der Waals surface area (Å²) in [5, 5.41) is 19.2. The minimum atomic E-state index is -1.59. The van der Waals surface area contributed by atoms with E-state index in [1.165, 1.54) is 0 Å². The highest BCUT2D eigenvalue weighted by atomic mass is 16.5. The smallest absolute Gasteiger partial charge is 0.190 e. The van der Waals surface area contributed by atoms with E-state index in [2.05, 4.69) is 0 Å². The van der Waals surface area contributed by atoms with E-state index in [-0.39, 0.29) is 0 Å². The van der Waals surface area contributed by atoms with Crippen LogP contribution in [0.1, 0.15) is 24.0 Å². The van der Waals surface area contributed by atoms with Crippen molar-refractivity contribution in [1.29, 1.82) is 0 Å². The molecular formula is C10H12O2. The Morgan fingerprint density at radius 2 is 1.92 bits per heavy atom. The molecule has 0 unspecified atom stereocenters. The fraction of sp³-hybridized carbons (Fsp3) is 0.400. The third-order valence-electron chi connectivity index (χ3n) is 2.42. The summed E-state index contributed by atoms with van der Waals surface area (Å²) in [6, 6.07) is 7.51. The van der Waals surface area contributed by atoms with Gasteiger partial charge in [-0.3, -0.25) is 0 Å². The van der Waals surface area contributed by atoms with Crippen LogP contribution in [0.5, 0.6) is 0 Å². The Hall–Kier alpha value is -0.860. The maximum Gasteiger partial charge on any atom is 0.190 e. The molecule has 0 atom stereocenters. The normalized spacial score (nSPS) is 20.2. The Morgan fingerprint density at radius 3 is 2.67 bits per heavy atom. The van der Waals surface area contributed by atoms with Crippen molar-refractivity contribution in [1.82, 2.24) is 0 Å². The highest BCUT2D eigenvalue weighted by Crippen LogP contribution is 2.32. The molecule has 0 fully saturated rings. The van der Waals surface area contributed by atoms with E-state index in [9.17, 15) is 10.2 Å². The fourth-order valence-corrected chi connectivity index (χ4v) is 1.79. The zero-order valence-corrected chi connectivity index (χ0v) is 6.83. The van der Waals surface area contributed by atoms with Crippen LogP contribution in [0.2, 0.25) is 0 Å². The van der Waals surface area contributed by atoms with Crippen molar-refractivity contribution in [3.05, 3.63) is 35.4 Å². The summed E-state index contributed by atoms with van der Waals surface area (Å²) in [5.74, 6) is -1.59. The van der Waals surface area contributed by atoms with Gasteiger partial charge in [-0.05, 0) is 18.4 Å². The molecule has 0 aliphatic heterocycles. The molecule has 2 N–H and O–H groups in total. The van der Waals surface area contributed by atoms with Gasteiger partial charge in [0.25, 0.3) is 0 Å². The van der Waals surface area contributed by atoms with Crippen LogP contribution in [0, 0.1) is 0 Å². The number of hydrogen-bond donors (Lipinski definition) is 2. The maximum absolute atomic E-state index is 9.58. The molecule has 2 rings (SSSR count). The van der Waals surface area contributed by atoms with Gasteiger partial charge in [0.2, 0.25) is 0 Å². The van der Waals surface area contributed by atoms with Gasteiger partial charge in [0.05, 0.1) is 0 Å². The van der Waals surface area contributed by atoms with Gasteiger partial charge in [0.15, 0.2) is 5.79 Å². The largest absolute Gasteiger partial charge is 0.362 e. The number of rotatable bonds is 0. The van der Waals surface area contributed by atoms with Crippen molar-refractivity contribution in [2.75, 3.05) is 0 Å². The SMILES string of the molecule is OC1(O)CCCc2ccccc21.